The van der Waals surface area contributed by atoms with Crippen LogP contribution in [-0.2, 0) is 4.74 Å². The van der Waals surface area contributed by atoms with E-state index in [0.717, 1.165) is 18.0 Å². The van der Waals surface area contributed by atoms with Gasteiger partial charge >= 0.3 is 0 Å². The molecule has 5 atom stereocenters. The number of halogens is 5. The molecule has 0 radical (unpaired) electrons. The number of nitrogens with two attached hydrogens (primary N) is 1. The van der Waals surface area contributed by atoms with E-state index in [9.17, 15) is 32.9 Å². The Bertz CT molecular complexity index is 993. The summed E-state index contributed by atoms with van der Waals surface area (Å²) in [5, 5.41) is 33.4. The summed E-state index contributed by atoms with van der Waals surface area (Å²) in [7, 11) is 0. The van der Waals surface area contributed by atoms with E-state index in [4.69, 9.17) is 10.5 Å². The van der Waals surface area contributed by atoms with Crippen LogP contribution in [0.25, 0.3) is 5.70 Å². The number of benzene rings is 2. The van der Waals surface area contributed by atoms with Crippen LogP contribution in [0.5, 0.6) is 0 Å². The van der Waals surface area contributed by atoms with Crippen LogP contribution in [-0.4, -0.2) is 51.7 Å². The SMILES string of the molecule is N/C(=C\NC1C(O)C(CO)OC(Sc2ccc(F)c(Br)c2)C1O)c1cc(F)c(F)c(F)c1. The summed E-state index contributed by atoms with van der Waals surface area (Å²) in [6.45, 7) is -0.566. The molecule has 5 unspecified atom stereocenters. The fraction of sp³-hybridized carbons (Fsp3) is 0.300. The summed E-state index contributed by atoms with van der Waals surface area (Å²) in [5.41, 5.74) is 4.47. The van der Waals surface area contributed by atoms with Crippen molar-refractivity contribution in [2.24, 2.45) is 5.73 Å². The third-order valence-electron chi connectivity index (χ3n) is 4.78. The normalized spacial score (nSPS) is 26.2. The van der Waals surface area contributed by atoms with Gasteiger partial charge in [-0.1, -0.05) is 11.8 Å². The summed E-state index contributed by atoms with van der Waals surface area (Å²) in [5.74, 6) is -4.96. The average molecular weight is 539 g/mol. The molecular formula is C20H19BrF4N2O4S. The summed E-state index contributed by atoms with van der Waals surface area (Å²) < 4.78 is 59.3. The van der Waals surface area contributed by atoms with Crippen LogP contribution < -0.4 is 11.1 Å². The van der Waals surface area contributed by atoms with Crippen molar-refractivity contribution in [2.75, 3.05) is 6.61 Å². The Hall–Kier alpha value is -1.83. The van der Waals surface area contributed by atoms with E-state index in [2.05, 4.69) is 21.2 Å². The topological polar surface area (TPSA) is 108 Å². The highest BCUT2D eigenvalue weighted by Gasteiger charge is 2.44. The number of rotatable bonds is 6. The maximum atomic E-state index is 13.5. The minimum atomic E-state index is -1.64. The third kappa shape index (κ3) is 5.38. The van der Waals surface area contributed by atoms with Crippen molar-refractivity contribution in [3.8, 4) is 0 Å². The largest absolute Gasteiger partial charge is 0.397 e. The maximum Gasteiger partial charge on any atom is 0.194 e. The van der Waals surface area contributed by atoms with Gasteiger partial charge in [-0.25, -0.2) is 17.6 Å². The monoisotopic (exact) mass is 538 g/mol. The van der Waals surface area contributed by atoms with Gasteiger partial charge < -0.3 is 31.1 Å². The second-order valence-electron chi connectivity index (χ2n) is 6.95. The maximum absolute atomic E-state index is 13.5. The van der Waals surface area contributed by atoms with E-state index in [1.807, 2.05) is 0 Å². The molecule has 1 aliphatic rings. The Kier molecular flexibility index (Phi) is 8.06. The number of ether oxygens (including phenoxy) is 1. The van der Waals surface area contributed by atoms with Crippen molar-refractivity contribution in [1.82, 2.24) is 5.32 Å². The Morgan fingerprint density at radius 3 is 2.34 bits per heavy atom. The van der Waals surface area contributed by atoms with Crippen LogP contribution in [0.15, 0.2) is 45.9 Å². The second kappa shape index (κ2) is 10.4. The summed E-state index contributed by atoms with van der Waals surface area (Å²) in [6, 6.07) is 4.47. The molecule has 12 heteroatoms. The number of aliphatic hydroxyl groups is 3. The van der Waals surface area contributed by atoms with Gasteiger partial charge in [-0.2, -0.15) is 0 Å². The number of thioether (sulfide) groups is 1. The first-order chi connectivity index (χ1) is 15.1. The zero-order valence-corrected chi connectivity index (χ0v) is 18.6. The molecule has 0 aromatic heterocycles. The number of hydrogen-bond donors (Lipinski definition) is 5. The van der Waals surface area contributed by atoms with Gasteiger partial charge in [-0.05, 0) is 46.3 Å². The molecule has 0 saturated carbocycles. The highest BCUT2D eigenvalue weighted by molar-refractivity contribution is 9.10. The van der Waals surface area contributed by atoms with Crippen LogP contribution in [0.4, 0.5) is 17.6 Å². The summed E-state index contributed by atoms with van der Waals surface area (Å²) in [4.78, 5) is 0.543. The molecular weight excluding hydrogens is 520 g/mol. The van der Waals surface area contributed by atoms with Gasteiger partial charge in [0, 0.05) is 16.7 Å². The van der Waals surface area contributed by atoms with Crippen molar-refractivity contribution in [3.05, 3.63) is 69.8 Å². The Morgan fingerprint density at radius 2 is 1.75 bits per heavy atom. The fourth-order valence-electron chi connectivity index (χ4n) is 3.06. The van der Waals surface area contributed by atoms with Crippen LogP contribution in [0.1, 0.15) is 5.56 Å². The molecule has 6 N–H and O–H groups in total. The summed E-state index contributed by atoms with van der Waals surface area (Å²) in [6.07, 6.45) is -2.70. The molecule has 0 spiro atoms. The van der Waals surface area contributed by atoms with Crippen LogP contribution in [0, 0.1) is 23.3 Å². The van der Waals surface area contributed by atoms with Gasteiger partial charge in [-0.3, -0.25) is 0 Å². The van der Waals surface area contributed by atoms with Crippen molar-refractivity contribution >= 4 is 33.4 Å². The molecule has 2 aromatic rings. The molecule has 2 aromatic carbocycles. The lowest BCUT2D eigenvalue weighted by atomic mass is 9.97. The molecule has 0 amide bonds. The fourth-order valence-corrected chi connectivity index (χ4v) is 4.70. The molecule has 174 valence electrons. The van der Waals surface area contributed by atoms with E-state index in [0.29, 0.717) is 17.0 Å². The predicted octanol–water partition coefficient (Wildman–Crippen LogP) is 2.45. The third-order valence-corrected chi connectivity index (χ3v) is 6.53. The van der Waals surface area contributed by atoms with Gasteiger partial charge in [0.15, 0.2) is 17.5 Å². The molecule has 1 fully saturated rings. The second-order valence-corrected chi connectivity index (χ2v) is 8.97. The summed E-state index contributed by atoms with van der Waals surface area (Å²) >= 11 is 4.10. The van der Waals surface area contributed by atoms with Crippen molar-refractivity contribution in [3.63, 3.8) is 0 Å². The number of aliphatic hydroxyl groups excluding tert-OH is 3. The lowest BCUT2D eigenvalue weighted by molar-refractivity contribution is -0.164. The Morgan fingerprint density at radius 1 is 1.09 bits per heavy atom. The van der Waals surface area contributed by atoms with E-state index in [-0.39, 0.29) is 15.7 Å². The molecule has 3 rings (SSSR count). The van der Waals surface area contributed by atoms with E-state index in [1.54, 1.807) is 0 Å². The standard InChI is InChI=1S/C20H19BrF4N2O4S/c21-10-5-9(1-2-11(10)22)32-20-19(30)17(18(29)15(7-28)31-20)27-6-14(26)8-3-12(23)16(25)13(24)4-8/h1-6,15,17-20,27-30H,7,26H2/b14-6-. The lowest BCUT2D eigenvalue weighted by Gasteiger charge is -2.42. The highest BCUT2D eigenvalue weighted by Crippen LogP contribution is 2.35. The molecule has 1 aliphatic heterocycles. The Balaban J connectivity index is 1.80. The van der Waals surface area contributed by atoms with Gasteiger partial charge in [0.2, 0.25) is 0 Å². The van der Waals surface area contributed by atoms with Gasteiger partial charge in [0.1, 0.15) is 29.6 Å². The minimum absolute atomic E-state index is 0.161. The van der Waals surface area contributed by atoms with Crippen molar-refractivity contribution < 1.29 is 37.6 Å². The molecule has 1 saturated heterocycles. The van der Waals surface area contributed by atoms with Gasteiger partial charge in [0.05, 0.1) is 22.8 Å². The molecule has 0 bridgehead atoms. The van der Waals surface area contributed by atoms with Crippen LogP contribution in [0.2, 0.25) is 0 Å². The van der Waals surface area contributed by atoms with E-state index >= 15 is 0 Å². The Labute approximate surface area is 193 Å². The molecule has 32 heavy (non-hydrogen) atoms. The predicted molar refractivity (Wildman–Crippen MR) is 113 cm³/mol. The number of nitrogens with one attached hydrogen (secondary N) is 1. The van der Waals surface area contributed by atoms with E-state index in [1.165, 1.54) is 18.2 Å². The average Bonchev–Trinajstić information content (AvgIpc) is 2.75. The van der Waals surface area contributed by atoms with Gasteiger partial charge in [0.25, 0.3) is 0 Å². The zero-order chi connectivity index (χ0) is 23.6. The first-order valence-electron chi connectivity index (χ1n) is 9.23. The van der Waals surface area contributed by atoms with Crippen LogP contribution in [0.3, 0.4) is 0 Å². The highest BCUT2D eigenvalue weighted by atomic mass is 79.9. The molecule has 1 heterocycles. The lowest BCUT2D eigenvalue weighted by Crippen LogP contribution is -2.62. The van der Waals surface area contributed by atoms with Crippen LogP contribution >= 0.6 is 27.7 Å². The molecule has 0 aliphatic carbocycles. The number of hydrogen-bond acceptors (Lipinski definition) is 7. The first-order valence-corrected chi connectivity index (χ1v) is 10.9. The first kappa shape index (κ1) is 24.8. The quantitative estimate of drug-likeness (QED) is 0.284. The van der Waals surface area contributed by atoms with Crippen molar-refractivity contribution in [2.45, 2.75) is 34.7 Å². The molecule has 6 nitrogen and oxygen atoms in total. The van der Waals surface area contributed by atoms with E-state index < -0.39 is 59.7 Å². The van der Waals surface area contributed by atoms with Gasteiger partial charge in [-0.15, -0.1) is 0 Å². The zero-order valence-electron chi connectivity index (χ0n) is 16.2. The van der Waals surface area contributed by atoms with Crippen molar-refractivity contribution in [1.29, 1.82) is 0 Å². The smallest absolute Gasteiger partial charge is 0.194 e. The minimum Gasteiger partial charge on any atom is -0.397 e.